The Bertz CT molecular complexity index is 694. The molecule has 2 aromatic rings. The molecule has 6 heteroatoms. The smallest absolute Gasteiger partial charge is 0.457 e. The summed E-state index contributed by atoms with van der Waals surface area (Å²) >= 11 is 0. The lowest BCUT2D eigenvalue weighted by molar-refractivity contribution is -0.274. The van der Waals surface area contributed by atoms with Gasteiger partial charge in [-0.15, -0.1) is 13.2 Å². The summed E-state index contributed by atoms with van der Waals surface area (Å²) in [5, 5.41) is 0. The molecule has 0 amide bonds. The molecule has 0 saturated carbocycles. The molecule has 0 saturated heterocycles. The van der Waals surface area contributed by atoms with Gasteiger partial charge in [-0.05, 0) is 23.3 Å². The molecule has 0 aliphatic carbocycles. The number of alkyl halides is 3. The van der Waals surface area contributed by atoms with Crippen molar-refractivity contribution in [3.05, 3.63) is 71.8 Å². The number of hydrogen-bond donors (Lipinski definition) is 0. The summed E-state index contributed by atoms with van der Waals surface area (Å²) in [6, 6.07) is 12.5. The van der Waals surface area contributed by atoms with Gasteiger partial charge in [-0.3, -0.25) is 0 Å². The van der Waals surface area contributed by atoms with Gasteiger partial charge in [0.15, 0.2) is 0 Å². The fourth-order valence-corrected chi connectivity index (χ4v) is 1.85. The van der Waals surface area contributed by atoms with Crippen LogP contribution in [-0.4, -0.2) is 12.3 Å². The Kier molecular flexibility index (Phi) is 5.05. The standard InChI is InChI=1S/C17H13F3O3/c1-2-12-8-9-15(23-17(18,19)20)14(10-12)16(21)22-11-13-6-4-3-5-7-13/h2-10H,1,11H2. The van der Waals surface area contributed by atoms with E-state index < -0.39 is 18.1 Å². The van der Waals surface area contributed by atoms with Gasteiger partial charge < -0.3 is 9.47 Å². The van der Waals surface area contributed by atoms with Crippen LogP contribution in [0, 0.1) is 0 Å². The number of halogens is 3. The van der Waals surface area contributed by atoms with E-state index in [0.29, 0.717) is 5.56 Å². The monoisotopic (exact) mass is 322 g/mol. The fourth-order valence-electron chi connectivity index (χ4n) is 1.85. The Morgan fingerprint density at radius 1 is 1.13 bits per heavy atom. The van der Waals surface area contributed by atoms with Crippen LogP contribution in [0.4, 0.5) is 13.2 Å². The van der Waals surface area contributed by atoms with Crippen molar-refractivity contribution in [1.82, 2.24) is 0 Å². The Balaban J connectivity index is 2.21. The van der Waals surface area contributed by atoms with Crippen LogP contribution < -0.4 is 4.74 Å². The van der Waals surface area contributed by atoms with E-state index in [-0.39, 0.29) is 12.2 Å². The molecule has 0 radical (unpaired) electrons. The SMILES string of the molecule is C=Cc1ccc(OC(F)(F)F)c(C(=O)OCc2ccccc2)c1. The van der Waals surface area contributed by atoms with Crippen LogP contribution in [0.3, 0.4) is 0 Å². The molecule has 2 rings (SSSR count). The van der Waals surface area contributed by atoms with Gasteiger partial charge in [-0.2, -0.15) is 0 Å². The molecule has 23 heavy (non-hydrogen) atoms. The molecule has 0 unspecified atom stereocenters. The molecule has 2 aromatic carbocycles. The first kappa shape index (κ1) is 16.6. The lowest BCUT2D eigenvalue weighted by atomic mass is 10.1. The van der Waals surface area contributed by atoms with Crippen molar-refractivity contribution in [2.24, 2.45) is 0 Å². The summed E-state index contributed by atoms with van der Waals surface area (Å²) in [4.78, 5) is 12.1. The summed E-state index contributed by atoms with van der Waals surface area (Å²) < 4.78 is 46.2. The minimum atomic E-state index is -4.90. The highest BCUT2D eigenvalue weighted by Crippen LogP contribution is 2.28. The fraction of sp³-hybridized carbons (Fsp3) is 0.118. The molecular weight excluding hydrogens is 309 g/mol. The van der Waals surface area contributed by atoms with E-state index in [1.807, 2.05) is 0 Å². The van der Waals surface area contributed by atoms with E-state index >= 15 is 0 Å². The van der Waals surface area contributed by atoms with Gasteiger partial charge in [0, 0.05) is 0 Å². The lowest BCUT2D eigenvalue weighted by Gasteiger charge is -2.13. The average Bonchev–Trinajstić information content (AvgIpc) is 2.52. The second-order valence-corrected chi connectivity index (χ2v) is 4.57. The number of esters is 1. The molecule has 0 spiro atoms. The summed E-state index contributed by atoms with van der Waals surface area (Å²) in [6.45, 7) is 3.46. The highest BCUT2D eigenvalue weighted by molar-refractivity contribution is 5.93. The number of ether oxygens (including phenoxy) is 2. The molecular formula is C17H13F3O3. The van der Waals surface area contributed by atoms with Crippen LogP contribution in [0.1, 0.15) is 21.5 Å². The zero-order chi connectivity index (χ0) is 16.9. The molecule has 0 aliphatic rings. The van der Waals surface area contributed by atoms with Gasteiger partial charge in [0.05, 0.1) is 0 Å². The second-order valence-electron chi connectivity index (χ2n) is 4.57. The number of hydrogen-bond acceptors (Lipinski definition) is 3. The summed E-state index contributed by atoms with van der Waals surface area (Å²) in [7, 11) is 0. The zero-order valence-corrected chi connectivity index (χ0v) is 12.0. The normalized spacial score (nSPS) is 10.9. The Morgan fingerprint density at radius 3 is 2.43 bits per heavy atom. The van der Waals surface area contributed by atoms with Gasteiger partial charge in [0.1, 0.15) is 17.9 Å². The quantitative estimate of drug-likeness (QED) is 0.756. The second kappa shape index (κ2) is 7.00. The number of benzene rings is 2. The number of carbonyl (C=O) groups excluding carboxylic acids is 1. The molecule has 0 atom stereocenters. The van der Waals surface area contributed by atoms with Gasteiger partial charge in [0.25, 0.3) is 0 Å². The van der Waals surface area contributed by atoms with Crippen LogP contribution in [0.25, 0.3) is 6.08 Å². The average molecular weight is 322 g/mol. The van der Waals surface area contributed by atoms with E-state index in [1.165, 1.54) is 18.2 Å². The van der Waals surface area contributed by atoms with E-state index in [1.54, 1.807) is 30.3 Å². The molecule has 0 aromatic heterocycles. The van der Waals surface area contributed by atoms with Crippen LogP contribution in [-0.2, 0) is 11.3 Å². The molecule has 0 N–H and O–H groups in total. The van der Waals surface area contributed by atoms with E-state index in [4.69, 9.17) is 4.74 Å². The van der Waals surface area contributed by atoms with E-state index in [2.05, 4.69) is 11.3 Å². The highest BCUT2D eigenvalue weighted by atomic mass is 19.4. The first-order chi connectivity index (χ1) is 10.9. The molecule has 3 nitrogen and oxygen atoms in total. The highest BCUT2D eigenvalue weighted by Gasteiger charge is 2.33. The van der Waals surface area contributed by atoms with Crippen molar-refractivity contribution in [1.29, 1.82) is 0 Å². The first-order valence-electron chi connectivity index (χ1n) is 6.62. The minimum absolute atomic E-state index is 0.0521. The van der Waals surface area contributed by atoms with E-state index in [0.717, 1.165) is 11.6 Å². The van der Waals surface area contributed by atoms with Gasteiger partial charge in [-0.25, -0.2) is 4.79 Å². The molecule has 0 fully saturated rings. The van der Waals surface area contributed by atoms with Gasteiger partial charge >= 0.3 is 12.3 Å². The first-order valence-corrected chi connectivity index (χ1v) is 6.62. The molecule has 0 heterocycles. The van der Waals surface area contributed by atoms with Crippen molar-refractivity contribution >= 4 is 12.0 Å². The molecule has 0 aliphatic heterocycles. The maximum atomic E-state index is 12.4. The molecule has 0 bridgehead atoms. The summed E-state index contributed by atoms with van der Waals surface area (Å²) in [5.74, 6) is -1.52. The summed E-state index contributed by atoms with van der Waals surface area (Å²) in [6.07, 6.45) is -3.49. The van der Waals surface area contributed by atoms with Crippen molar-refractivity contribution in [3.8, 4) is 5.75 Å². The van der Waals surface area contributed by atoms with Crippen molar-refractivity contribution in [2.75, 3.05) is 0 Å². The zero-order valence-electron chi connectivity index (χ0n) is 12.0. The van der Waals surface area contributed by atoms with Crippen molar-refractivity contribution in [3.63, 3.8) is 0 Å². The van der Waals surface area contributed by atoms with Crippen LogP contribution >= 0.6 is 0 Å². The predicted molar refractivity (Wildman–Crippen MR) is 78.8 cm³/mol. The Morgan fingerprint density at radius 2 is 1.83 bits per heavy atom. The number of rotatable bonds is 5. The number of carbonyl (C=O) groups is 1. The van der Waals surface area contributed by atoms with Crippen molar-refractivity contribution < 1.29 is 27.4 Å². The third-order valence-electron chi connectivity index (χ3n) is 2.90. The Labute approximate surface area is 131 Å². The summed E-state index contributed by atoms with van der Waals surface area (Å²) in [5.41, 5.74) is 0.890. The minimum Gasteiger partial charge on any atom is -0.457 e. The lowest BCUT2D eigenvalue weighted by Crippen LogP contribution is -2.19. The van der Waals surface area contributed by atoms with Crippen LogP contribution in [0.5, 0.6) is 5.75 Å². The van der Waals surface area contributed by atoms with Crippen LogP contribution in [0.15, 0.2) is 55.1 Å². The topological polar surface area (TPSA) is 35.5 Å². The van der Waals surface area contributed by atoms with Crippen molar-refractivity contribution in [2.45, 2.75) is 13.0 Å². The third-order valence-corrected chi connectivity index (χ3v) is 2.90. The third kappa shape index (κ3) is 4.88. The maximum absolute atomic E-state index is 12.4. The largest absolute Gasteiger partial charge is 0.573 e. The molecule has 120 valence electrons. The van der Waals surface area contributed by atoms with Crippen LogP contribution in [0.2, 0.25) is 0 Å². The maximum Gasteiger partial charge on any atom is 0.573 e. The van der Waals surface area contributed by atoms with Gasteiger partial charge in [0.2, 0.25) is 0 Å². The van der Waals surface area contributed by atoms with E-state index in [9.17, 15) is 18.0 Å². The predicted octanol–water partition coefficient (Wildman–Crippen LogP) is 4.59. The van der Waals surface area contributed by atoms with Gasteiger partial charge in [-0.1, -0.05) is 49.1 Å². The Hall–Kier alpha value is -2.76.